The van der Waals surface area contributed by atoms with Gasteiger partial charge >= 0.3 is 6.18 Å². The van der Waals surface area contributed by atoms with Crippen LogP contribution in [0.15, 0.2) is 12.2 Å². The molecule has 0 saturated carbocycles. The molecule has 1 rings (SSSR count). The number of carboxylic acid groups (broad SMARTS) is 1. The summed E-state index contributed by atoms with van der Waals surface area (Å²) >= 11 is 0. The zero-order chi connectivity index (χ0) is 11.2. The molecule has 0 saturated heterocycles. The first kappa shape index (κ1) is 13.0. The van der Waals surface area contributed by atoms with Crippen molar-refractivity contribution in [1.29, 1.82) is 0 Å². The molecule has 0 aromatic carbocycles. The van der Waals surface area contributed by atoms with Crippen molar-refractivity contribution in [1.82, 2.24) is 0 Å². The normalized spacial score (nSPS) is 21.0. The van der Waals surface area contributed by atoms with E-state index in [9.17, 15) is 13.2 Å². The minimum absolute atomic E-state index is 1.22. The second kappa shape index (κ2) is 5.64. The fourth-order valence-electron chi connectivity index (χ4n) is 0.834. The number of carboxylic acids is 1. The number of hydrogen-bond donors (Lipinski definition) is 1. The van der Waals surface area contributed by atoms with Crippen LogP contribution >= 0.6 is 0 Å². The Hall–Kier alpha value is -1.04. The second-order valence-corrected chi connectivity index (χ2v) is 2.96. The molecule has 3 nitrogen and oxygen atoms in total. The predicted molar refractivity (Wildman–Crippen MR) is 41.4 cm³/mol. The first-order valence-electron chi connectivity index (χ1n) is 4.08. The molecule has 0 amide bonds. The van der Waals surface area contributed by atoms with Crippen molar-refractivity contribution in [2.24, 2.45) is 0 Å². The van der Waals surface area contributed by atoms with Crippen molar-refractivity contribution >= 4 is 5.97 Å². The summed E-state index contributed by atoms with van der Waals surface area (Å²) in [6.45, 7) is 2.54. The topological polar surface area (TPSA) is 44.6 Å². The van der Waals surface area contributed by atoms with Crippen molar-refractivity contribution in [2.45, 2.75) is 12.6 Å². The van der Waals surface area contributed by atoms with Crippen LogP contribution in [0.3, 0.4) is 0 Å². The number of quaternary nitrogens is 1. The summed E-state index contributed by atoms with van der Waals surface area (Å²) in [5, 5.41) is 8.78. The maximum atomic E-state index is 10.5. The summed E-state index contributed by atoms with van der Waals surface area (Å²) in [5.74, 6) is -3.01. The van der Waals surface area contributed by atoms with Gasteiger partial charge in [-0.05, 0) is 6.08 Å². The number of likely N-dealkylation sites (N-methyl/N-ethyl adjacent to an activating group) is 1. The molecule has 0 aliphatic carbocycles. The van der Waals surface area contributed by atoms with Gasteiger partial charge in [-0.25, -0.2) is 0 Å². The summed E-state index contributed by atoms with van der Waals surface area (Å²) in [6, 6.07) is 0. The summed E-state index contributed by atoms with van der Waals surface area (Å²) in [7, 11) is 2.23. The number of aliphatic carboxylic acids is 1. The third-order valence-electron chi connectivity index (χ3n) is 1.60. The number of alkyl halides is 3. The largest absolute Gasteiger partial charge is 0.542 e. The summed E-state index contributed by atoms with van der Waals surface area (Å²) in [4.78, 5) is 10.4. The van der Waals surface area contributed by atoms with Crippen molar-refractivity contribution < 1.29 is 28.0 Å². The molecule has 6 heteroatoms. The number of hydrogen-bond acceptors (Lipinski definition) is 2. The predicted octanol–water partition coefficient (Wildman–Crippen LogP) is -1.24. The van der Waals surface area contributed by atoms with Crippen LogP contribution in [0.1, 0.15) is 6.42 Å². The van der Waals surface area contributed by atoms with E-state index >= 15 is 0 Å². The van der Waals surface area contributed by atoms with Crippen molar-refractivity contribution in [3.63, 3.8) is 0 Å². The lowest BCUT2D eigenvalue weighted by molar-refractivity contribution is -0.874. The van der Waals surface area contributed by atoms with Gasteiger partial charge in [-0.15, -0.1) is 0 Å². The van der Waals surface area contributed by atoms with Crippen molar-refractivity contribution in [3.8, 4) is 0 Å². The zero-order valence-corrected chi connectivity index (χ0v) is 7.73. The molecule has 0 fully saturated rings. The van der Waals surface area contributed by atoms with Crippen LogP contribution in [0.4, 0.5) is 13.2 Å². The Kier molecular flexibility index (Phi) is 5.22. The summed E-state index contributed by atoms with van der Waals surface area (Å²) < 4.78 is 31.5. The standard InChI is InChI=1S/C6H11N.C2HF3O2/c1-7-5-3-2-4-6-7;3-2(4,5)1(6)7/h2-3H,4-6H2,1H3;(H,6,7). The average Bonchev–Trinajstić information content (AvgIpc) is 2.04. The van der Waals surface area contributed by atoms with Gasteiger partial charge in [0.1, 0.15) is 5.97 Å². The highest BCUT2D eigenvalue weighted by Crippen LogP contribution is 2.11. The van der Waals surface area contributed by atoms with Gasteiger partial charge in [0.15, 0.2) is 0 Å². The molecule has 1 aliphatic heterocycles. The van der Waals surface area contributed by atoms with Crippen LogP contribution in [0, 0.1) is 0 Å². The number of carbonyl (C=O) groups excluding carboxylic acids is 1. The van der Waals surface area contributed by atoms with Gasteiger partial charge in [-0.2, -0.15) is 13.2 Å². The summed E-state index contributed by atoms with van der Waals surface area (Å²) in [5.41, 5.74) is 0. The average molecular weight is 211 g/mol. The van der Waals surface area contributed by atoms with Gasteiger partial charge in [0.05, 0.1) is 20.1 Å². The Morgan fingerprint density at radius 2 is 1.93 bits per heavy atom. The molecule has 0 bridgehead atoms. The van der Waals surface area contributed by atoms with Crippen molar-refractivity contribution in [2.75, 3.05) is 20.1 Å². The Labute approximate surface area is 79.8 Å². The monoisotopic (exact) mass is 211 g/mol. The quantitative estimate of drug-likeness (QED) is 0.509. The molecule has 1 aliphatic rings. The van der Waals surface area contributed by atoms with E-state index in [1.165, 1.54) is 19.5 Å². The molecule has 0 aromatic heterocycles. The highest BCUT2D eigenvalue weighted by molar-refractivity contribution is 5.70. The van der Waals surface area contributed by atoms with Crippen molar-refractivity contribution in [3.05, 3.63) is 12.2 Å². The van der Waals surface area contributed by atoms with Gasteiger partial charge in [-0.1, -0.05) is 6.08 Å². The van der Waals surface area contributed by atoms with E-state index < -0.39 is 12.1 Å². The minimum Gasteiger partial charge on any atom is -0.542 e. The lowest BCUT2D eigenvalue weighted by atomic mass is 10.3. The van der Waals surface area contributed by atoms with E-state index in [1.807, 2.05) is 0 Å². The molecular formula is C8H12F3NO2. The van der Waals surface area contributed by atoms with Crippen LogP contribution in [-0.4, -0.2) is 32.3 Å². The van der Waals surface area contributed by atoms with E-state index in [-0.39, 0.29) is 0 Å². The van der Waals surface area contributed by atoms with Crippen LogP contribution in [0.5, 0.6) is 0 Å². The number of carbonyl (C=O) groups is 1. The maximum absolute atomic E-state index is 10.5. The highest BCUT2D eigenvalue weighted by Gasteiger charge is 2.28. The lowest BCUT2D eigenvalue weighted by Gasteiger charge is -2.12. The minimum atomic E-state index is -5.19. The zero-order valence-electron chi connectivity index (χ0n) is 7.73. The summed E-state index contributed by atoms with van der Waals surface area (Å²) in [6.07, 6.45) is 0.581. The van der Waals surface area contributed by atoms with Gasteiger partial charge in [0.2, 0.25) is 0 Å². The van der Waals surface area contributed by atoms with E-state index in [2.05, 4.69) is 19.2 Å². The van der Waals surface area contributed by atoms with E-state index in [4.69, 9.17) is 9.90 Å². The Balaban J connectivity index is 0.000000241. The van der Waals surface area contributed by atoms with Gasteiger partial charge < -0.3 is 14.8 Å². The molecule has 82 valence electrons. The van der Waals surface area contributed by atoms with Crippen LogP contribution < -0.4 is 10.0 Å². The molecule has 0 aromatic rings. The van der Waals surface area contributed by atoms with Gasteiger partial charge in [-0.3, -0.25) is 0 Å². The Morgan fingerprint density at radius 3 is 2.07 bits per heavy atom. The van der Waals surface area contributed by atoms with Gasteiger partial charge in [0.25, 0.3) is 0 Å². The highest BCUT2D eigenvalue weighted by atomic mass is 19.4. The fourth-order valence-corrected chi connectivity index (χ4v) is 0.834. The molecule has 1 unspecified atom stereocenters. The Morgan fingerprint density at radius 1 is 1.43 bits per heavy atom. The van der Waals surface area contributed by atoms with Crippen LogP contribution in [-0.2, 0) is 4.79 Å². The SMILES string of the molecule is C[NH+]1CC=CCC1.O=C([O-])C(F)(F)F. The van der Waals surface area contributed by atoms with Crippen LogP contribution in [0.25, 0.3) is 0 Å². The molecule has 1 heterocycles. The third-order valence-corrected chi connectivity index (χ3v) is 1.60. The number of halogens is 3. The first-order chi connectivity index (χ1) is 6.34. The molecule has 1 atom stereocenters. The molecule has 1 N–H and O–H groups in total. The van der Waals surface area contributed by atoms with E-state index in [0.29, 0.717) is 0 Å². The number of rotatable bonds is 0. The smallest absolute Gasteiger partial charge is 0.430 e. The lowest BCUT2D eigenvalue weighted by Crippen LogP contribution is -3.09. The van der Waals surface area contributed by atoms with E-state index in [1.54, 1.807) is 4.90 Å². The van der Waals surface area contributed by atoms with E-state index in [0.717, 1.165) is 0 Å². The number of nitrogens with one attached hydrogen (secondary N) is 1. The molecular weight excluding hydrogens is 199 g/mol. The van der Waals surface area contributed by atoms with Gasteiger partial charge in [0, 0.05) is 6.42 Å². The fraction of sp³-hybridized carbons (Fsp3) is 0.625. The maximum Gasteiger partial charge on any atom is 0.430 e. The molecule has 14 heavy (non-hydrogen) atoms. The van der Waals surface area contributed by atoms with Crippen LogP contribution in [0.2, 0.25) is 0 Å². The Bertz CT molecular complexity index is 213. The first-order valence-corrected chi connectivity index (χ1v) is 4.08. The molecule has 0 radical (unpaired) electrons. The third kappa shape index (κ3) is 6.47. The molecule has 0 spiro atoms. The second-order valence-electron chi connectivity index (χ2n) is 2.96.